The number of hydrogen-bond acceptors (Lipinski definition) is 4. The van der Waals surface area contributed by atoms with Crippen LogP contribution in [0.25, 0.3) is 22.2 Å². The maximum absolute atomic E-state index is 12.4. The van der Waals surface area contributed by atoms with Crippen molar-refractivity contribution in [1.82, 2.24) is 14.9 Å². The summed E-state index contributed by atoms with van der Waals surface area (Å²) in [6.07, 6.45) is 6.28. The Bertz CT molecular complexity index is 1370. The van der Waals surface area contributed by atoms with Gasteiger partial charge in [0.2, 0.25) is 0 Å². The van der Waals surface area contributed by atoms with Gasteiger partial charge in [-0.15, -0.1) is 0 Å². The Morgan fingerprint density at radius 1 is 1.00 bits per heavy atom. The zero-order valence-electron chi connectivity index (χ0n) is 19.7. The van der Waals surface area contributed by atoms with Crippen LogP contribution in [-0.2, 0) is 16.4 Å². The maximum atomic E-state index is 12.4. The summed E-state index contributed by atoms with van der Waals surface area (Å²) in [5.74, 6) is 0.649. The van der Waals surface area contributed by atoms with E-state index in [-0.39, 0.29) is 0 Å². The van der Waals surface area contributed by atoms with E-state index in [1.165, 1.54) is 24.0 Å². The summed E-state index contributed by atoms with van der Waals surface area (Å²) in [4.78, 5) is 10.8. The number of fused-ring (bicyclic) bond motifs is 1. The largest absolute Gasteiger partial charge is 0.346 e. The molecule has 1 N–H and O–H groups in total. The number of aromatic amines is 1. The molecule has 5 rings (SSSR count). The van der Waals surface area contributed by atoms with Crippen LogP contribution in [0.1, 0.15) is 43.7 Å². The highest BCUT2D eigenvalue weighted by Crippen LogP contribution is 2.31. The van der Waals surface area contributed by atoms with Crippen LogP contribution in [0.4, 0.5) is 0 Å². The average Bonchev–Trinajstić information content (AvgIpc) is 3.27. The molecule has 1 aliphatic rings. The molecular weight excluding hydrogens is 442 g/mol. The number of likely N-dealkylation sites (tertiary alicyclic amines) is 1. The Balaban J connectivity index is 1.32. The number of piperidine rings is 1. The molecule has 0 saturated carbocycles. The monoisotopic (exact) mass is 473 g/mol. The highest BCUT2D eigenvalue weighted by atomic mass is 32.2. The van der Waals surface area contributed by atoms with Gasteiger partial charge in [-0.25, -0.2) is 13.4 Å². The van der Waals surface area contributed by atoms with Crippen molar-refractivity contribution in [3.05, 3.63) is 84.2 Å². The van der Waals surface area contributed by atoms with Crippen molar-refractivity contribution in [2.75, 3.05) is 13.1 Å². The predicted molar refractivity (Wildman–Crippen MR) is 138 cm³/mol. The second kappa shape index (κ2) is 9.35. The number of nitrogens with one attached hydrogen (secondary N) is 1. The zero-order chi connectivity index (χ0) is 23.7. The van der Waals surface area contributed by atoms with Crippen molar-refractivity contribution in [2.24, 2.45) is 0 Å². The summed E-state index contributed by atoms with van der Waals surface area (Å²) >= 11 is 0. The summed E-state index contributed by atoms with van der Waals surface area (Å²) < 4.78 is 24.9. The number of pyridine rings is 1. The van der Waals surface area contributed by atoms with Gasteiger partial charge in [-0.1, -0.05) is 42.5 Å². The molecule has 0 unspecified atom stereocenters. The molecule has 34 heavy (non-hydrogen) atoms. The van der Waals surface area contributed by atoms with Crippen LogP contribution in [-0.4, -0.2) is 41.6 Å². The number of sulfone groups is 1. The van der Waals surface area contributed by atoms with E-state index in [4.69, 9.17) is 0 Å². The van der Waals surface area contributed by atoms with Crippen molar-refractivity contribution < 1.29 is 8.42 Å². The topological polar surface area (TPSA) is 66.1 Å². The van der Waals surface area contributed by atoms with Gasteiger partial charge in [0.05, 0.1) is 10.1 Å². The van der Waals surface area contributed by atoms with Crippen LogP contribution >= 0.6 is 0 Å². The Labute approximate surface area is 201 Å². The van der Waals surface area contributed by atoms with Crippen LogP contribution in [0.5, 0.6) is 0 Å². The number of nitrogens with zero attached hydrogens (tertiary/aromatic N) is 2. The van der Waals surface area contributed by atoms with Gasteiger partial charge < -0.3 is 4.98 Å². The Kier molecular flexibility index (Phi) is 6.28. The Hall–Kier alpha value is -2.96. The predicted octanol–water partition coefficient (Wildman–Crippen LogP) is 5.79. The highest BCUT2D eigenvalue weighted by Gasteiger charge is 2.22. The van der Waals surface area contributed by atoms with E-state index >= 15 is 0 Å². The molecule has 0 spiro atoms. The third-order valence-corrected chi connectivity index (χ3v) is 9.18. The van der Waals surface area contributed by atoms with E-state index in [1.54, 1.807) is 26.0 Å². The second-order valence-electron chi connectivity index (χ2n) is 9.51. The quantitative estimate of drug-likeness (QED) is 0.385. The smallest absolute Gasteiger partial charge is 0.180 e. The number of hydrogen-bond donors (Lipinski definition) is 1. The molecule has 2 aromatic carbocycles. The van der Waals surface area contributed by atoms with Gasteiger partial charge in [-0.05, 0) is 80.6 Å². The van der Waals surface area contributed by atoms with Crippen LogP contribution in [0.2, 0.25) is 0 Å². The summed E-state index contributed by atoms with van der Waals surface area (Å²) in [6, 6.07) is 20.2. The van der Waals surface area contributed by atoms with Gasteiger partial charge in [0.25, 0.3) is 0 Å². The summed E-state index contributed by atoms with van der Waals surface area (Å²) in [7, 11) is -3.27. The SMILES string of the molecule is CC(C)S(=O)(=O)c1ccc(-c2cnc3[nH]cc(CN4CCC(c5ccccc5)CC4)c3c2)cc1. The summed E-state index contributed by atoms with van der Waals surface area (Å²) in [6.45, 7) is 6.49. The first-order valence-electron chi connectivity index (χ1n) is 12.0. The molecule has 1 fully saturated rings. The standard InChI is InChI=1S/C28H31N3O2S/c1-20(2)34(32,33)26-10-8-22(9-11-26)24-16-27-25(18-30-28(27)29-17-24)19-31-14-12-23(13-15-31)21-6-4-3-5-7-21/h3-11,16-18,20,23H,12-15,19H2,1-2H3,(H,29,30). The lowest BCUT2D eigenvalue weighted by Gasteiger charge is -2.32. The molecule has 0 atom stereocenters. The number of rotatable bonds is 6. The summed E-state index contributed by atoms with van der Waals surface area (Å²) in [5, 5.41) is 0.693. The van der Waals surface area contributed by atoms with Gasteiger partial charge >= 0.3 is 0 Å². The second-order valence-corrected chi connectivity index (χ2v) is 12.0. The molecule has 3 heterocycles. The fraction of sp³-hybridized carbons (Fsp3) is 0.321. The van der Waals surface area contributed by atoms with Crippen molar-refractivity contribution in [3.63, 3.8) is 0 Å². The van der Waals surface area contributed by atoms with Crippen LogP contribution in [0, 0.1) is 0 Å². The number of H-pyrrole nitrogens is 1. The van der Waals surface area contributed by atoms with Crippen molar-refractivity contribution in [3.8, 4) is 11.1 Å². The molecule has 1 aliphatic heterocycles. The molecule has 1 saturated heterocycles. The minimum absolute atomic E-state index is 0.363. The molecule has 0 amide bonds. The van der Waals surface area contributed by atoms with Crippen molar-refractivity contribution in [1.29, 1.82) is 0 Å². The molecule has 6 heteroatoms. The fourth-order valence-electron chi connectivity index (χ4n) is 4.85. The number of aromatic nitrogens is 2. The summed E-state index contributed by atoms with van der Waals surface area (Å²) in [5.41, 5.74) is 5.55. The third-order valence-electron chi connectivity index (χ3n) is 7.01. The van der Waals surface area contributed by atoms with Crippen molar-refractivity contribution >= 4 is 20.9 Å². The van der Waals surface area contributed by atoms with E-state index in [2.05, 4.69) is 57.5 Å². The molecule has 0 bridgehead atoms. The van der Waals surface area contributed by atoms with E-state index in [9.17, 15) is 8.42 Å². The molecule has 5 nitrogen and oxygen atoms in total. The lowest BCUT2D eigenvalue weighted by atomic mass is 9.89. The molecular formula is C28H31N3O2S. The minimum Gasteiger partial charge on any atom is -0.346 e. The first-order chi connectivity index (χ1) is 16.4. The van der Waals surface area contributed by atoms with Gasteiger partial charge in [0.1, 0.15) is 5.65 Å². The van der Waals surface area contributed by atoms with Crippen LogP contribution in [0.15, 0.2) is 78.0 Å². The van der Waals surface area contributed by atoms with E-state index in [0.29, 0.717) is 10.8 Å². The Morgan fingerprint density at radius 3 is 2.38 bits per heavy atom. The fourth-order valence-corrected chi connectivity index (χ4v) is 5.91. The Morgan fingerprint density at radius 2 is 1.71 bits per heavy atom. The first kappa shape index (κ1) is 22.8. The molecule has 0 radical (unpaired) electrons. The molecule has 176 valence electrons. The molecule has 4 aromatic rings. The van der Waals surface area contributed by atoms with Gasteiger partial charge in [0.15, 0.2) is 9.84 Å². The zero-order valence-corrected chi connectivity index (χ0v) is 20.6. The normalized spacial score (nSPS) is 15.9. The van der Waals surface area contributed by atoms with Crippen LogP contribution in [0.3, 0.4) is 0 Å². The van der Waals surface area contributed by atoms with Gasteiger partial charge in [-0.2, -0.15) is 0 Å². The van der Waals surface area contributed by atoms with E-state index in [1.807, 2.05) is 18.3 Å². The first-order valence-corrected chi connectivity index (χ1v) is 13.5. The van der Waals surface area contributed by atoms with Crippen molar-refractivity contribution in [2.45, 2.75) is 49.3 Å². The lowest BCUT2D eigenvalue weighted by molar-refractivity contribution is 0.205. The lowest BCUT2D eigenvalue weighted by Crippen LogP contribution is -2.32. The maximum Gasteiger partial charge on any atom is 0.180 e. The van der Waals surface area contributed by atoms with E-state index < -0.39 is 15.1 Å². The highest BCUT2D eigenvalue weighted by molar-refractivity contribution is 7.92. The van der Waals surface area contributed by atoms with Crippen LogP contribution < -0.4 is 0 Å². The van der Waals surface area contributed by atoms with E-state index in [0.717, 1.165) is 41.8 Å². The van der Waals surface area contributed by atoms with Gasteiger partial charge in [0, 0.05) is 29.9 Å². The third kappa shape index (κ3) is 4.52. The average molecular weight is 474 g/mol. The molecule has 2 aromatic heterocycles. The van der Waals surface area contributed by atoms with Gasteiger partial charge in [-0.3, -0.25) is 4.90 Å². The molecule has 0 aliphatic carbocycles. The number of benzene rings is 2. The minimum atomic E-state index is -3.27.